The lowest BCUT2D eigenvalue weighted by atomic mass is 9.94. The van der Waals surface area contributed by atoms with Gasteiger partial charge in [0.1, 0.15) is 11.6 Å². The fraction of sp³-hybridized carbons (Fsp3) is 0.513. The number of aromatic nitrogens is 5. The number of hydrogen-bond donors (Lipinski definition) is 0. The Hall–Kier alpha value is -3.56. The van der Waals surface area contributed by atoms with Crippen LogP contribution in [0.1, 0.15) is 89.2 Å². The molecule has 0 amide bonds. The molecular weight excluding hydrogens is 750 g/mol. The van der Waals surface area contributed by atoms with Crippen LogP contribution in [0.5, 0.6) is 0 Å². The maximum absolute atomic E-state index is 13.0. The maximum atomic E-state index is 13.0. The number of aldehydes is 1. The molecule has 2 saturated heterocycles. The Kier molecular flexibility index (Phi) is 11.5. The average Bonchev–Trinajstić information content (AvgIpc) is 3.85. The Morgan fingerprint density at radius 3 is 1.57 bits per heavy atom. The summed E-state index contributed by atoms with van der Waals surface area (Å²) in [5, 5.41) is 0. The van der Waals surface area contributed by atoms with Crippen molar-refractivity contribution in [1.82, 2.24) is 23.1 Å². The maximum Gasteiger partial charge on any atom is 0.267 e. The number of fused-ring (bicyclic) bond motifs is 2. The lowest BCUT2D eigenvalue weighted by molar-refractivity contribution is 0.0610. The number of benzene rings is 2. The molecule has 5 heterocycles. The van der Waals surface area contributed by atoms with E-state index in [-0.39, 0.29) is 20.6 Å². The van der Waals surface area contributed by atoms with Gasteiger partial charge in [-0.3, -0.25) is 4.79 Å². The molecule has 2 aliphatic heterocycles. The number of nitrogens with zero attached hydrogens (tertiary/aromatic N) is 5. The molecule has 2 fully saturated rings. The fourth-order valence-corrected chi connectivity index (χ4v) is 9.15. The second-order valence-electron chi connectivity index (χ2n) is 16.3. The van der Waals surface area contributed by atoms with E-state index in [0.717, 1.165) is 91.9 Å². The van der Waals surface area contributed by atoms with Crippen molar-refractivity contribution in [2.45, 2.75) is 101 Å². The van der Waals surface area contributed by atoms with E-state index in [1.165, 1.54) is 18.5 Å². The number of carbonyl (C=O) groups is 1. The van der Waals surface area contributed by atoms with Crippen LogP contribution in [0.3, 0.4) is 0 Å². The van der Waals surface area contributed by atoms with Gasteiger partial charge in [-0.1, -0.05) is 41.5 Å². The third-order valence-corrected chi connectivity index (χ3v) is 13.0. The highest BCUT2D eigenvalue weighted by Crippen LogP contribution is 2.32. The third-order valence-electron chi connectivity index (χ3n) is 10.0. The Bertz CT molecular complexity index is 2350. The quantitative estimate of drug-likeness (QED) is 0.117. The molecule has 12 nitrogen and oxygen atoms in total. The molecule has 3 aromatic heterocycles. The van der Waals surface area contributed by atoms with Gasteiger partial charge in [0, 0.05) is 79.0 Å². The van der Waals surface area contributed by atoms with Crippen LogP contribution >= 0.6 is 10.7 Å². The molecule has 0 spiro atoms. The fourth-order valence-electron chi connectivity index (χ4n) is 7.15. The van der Waals surface area contributed by atoms with E-state index < -0.39 is 19.1 Å². The standard InChI is InChI=1S/C22H27N3O4S.C17H23ClN2O3S/c1-22(2,3)21-23-19-12-18(30(27,28)24-9-6-17(13-24)15-26)4-5-20(19)25(21)14-16-7-10-29-11-8-16;1-17(2,3)16-19-14-10-13(24(18,21)22)4-5-15(14)20(16)11-12-6-8-23-9-7-12/h4-6,9,12-13,15-16H,7-8,10-11,14H2,1-3H3;4-5,10,12H,6-9,11H2,1-3H3. The van der Waals surface area contributed by atoms with Crippen LogP contribution in [-0.2, 0) is 52.5 Å². The van der Waals surface area contributed by atoms with E-state index in [2.05, 4.69) is 50.7 Å². The van der Waals surface area contributed by atoms with Gasteiger partial charge in [-0.15, -0.1) is 0 Å². The minimum Gasteiger partial charge on any atom is -0.381 e. The molecule has 292 valence electrons. The first-order chi connectivity index (χ1) is 25.4. The molecule has 7 rings (SSSR count). The molecule has 5 aromatic rings. The molecule has 2 aromatic carbocycles. The van der Waals surface area contributed by atoms with E-state index in [1.807, 2.05) is 12.1 Å². The molecule has 15 heteroatoms. The van der Waals surface area contributed by atoms with Crippen molar-refractivity contribution in [3.05, 3.63) is 72.1 Å². The van der Waals surface area contributed by atoms with Gasteiger partial charge in [-0.05, 0) is 80.0 Å². The summed E-state index contributed by atoms with van der Waals surface area (Å²) >= 11 is 0. The summed E-state index contributed by atoms with van der Waals surface area (Å²) in [6, 6.07) is 11.5. The zero-order valence-corrected chi connectivity index (χ0v) is 34.2. The number of hydrogen-bond acceptors (Lipinski definition) is 9. The molecular formula is C39H50ClN5O7S2. The highest BCUT2D eigenvalue weighted by atomic mass is 35.7. The van der Waals surface area contributed by atoms with Gasteiger partial charge in [-0.25, -0.2) is 30.8 Å². The molecule has 2 aliphatic rings. The second-order valence-corrected chi connectivity index (χ2v) is 20.7. The molecule has 0 bridgehead atoms. The van der Waals surface area contributed by atoms with Crippen LogP contribution in [0, 0.1) is 11.8 Å². The SMILES string of the molecule is CC(C)(C)c1nc2cc(S(=O)(=O)Cl)ccc2n1CC1CCOCC1.CC(C)(C)c1nc2cc(S(=O)(=O)n3ccc(C=O)c3)ccc2n1CC1CCOCC1. The minimum atomic E-state index is -3.79. The molecule has 0 aliphatic carbocycles. The summed E-state index contributed by atoms with van der Waals surface area (Å²) in [6.07, 6.45) is 7.44. The minimum absolute atomic E-state index is 0.0906. The molecule has 54 heavy (non-hydrogen) atoms. The van der Waals surface area contributed by atoms with Crippen LogP contribution in [0.4, 0.5) is 0 Å². The Labute approximate surface area is 322 Å². The van der Waals surface area contributed by atoms with Crippen molar-refractivity contribution >= 4 is 58.1 Å². The van der Waals surface area contributed by atoms with Crippen LogP contribution in [0.2, 0.25) is 0 Å². The van der Waals surface area contributed by atoms with E-state index in [0.29, 0.717) is 34.7 Å². The van der Waals surface area contributed by atoms with Gasteiger partial charge in [-0.2, -0.15) is 0 Å². The highest BCUT2D eigenvalue weighted by molar-refractivity contribution is 8.13. The number of imidazole rings is 2. The number of carbonyl (C=O) groups excluding carboxylic acids is 1. The van der Waals surface area contributed by atoms with Gasteiger partial charge < -0.3 is 18.6 Å². The van der Waals surface area contributed by atoms with E-state index in [4.69, 9.17) is 30.1 Å². The van der Waals surface area contributed by atoms with Crippen LogP contribution in [0.15, 0.2) is 64.6 Å². The summed E-state index contributed by atoms with van der Waals surface area (Å²) in [7, 11) is -2.07. The normalized spacial score (nSPS) is 16.8. The number of rotatable bonds is 8. The van der Waals surface area contributed by atoms with E-state index >= 15 is 0 Å². The Morgan fingerprint density at radius 2 is 1.17 bits per heavy atom. The zero-order valence-electron chi connectivity index (χ0n) is 31.8. The predicted molar refractivity (Wildman–Crippen MR) is 209 cm³/mol. The Balaban J connectivity index is 0.000000189. The highest BCUT2D eigenvalue weighted by Gasteiger charge is 2.28. The van der Waals surface area contributed by atoms with Crippen molar-refractivity contribution < 1.29 is 31.1 Å². The van der Waals surface area contributed by atoms with Crippen molar-refractivity contribution in [3.63, 3.8) is 0 Å². The van der Waals surface area contributed by atoms with Crippen LogP contribution in [-0.4, -0.2) is 72.6 Å². The summed E-state index contributed by atoms with van der Waals surface area (Å²) in [5.74, 6) is 2.98. The van der Waals surface area contributed by atoms with Crippen LogP contribution < -0.4 is 0 Å². The first-order valence-electron chi connectivity index (χ1n) is 18.4. The zero-order chi connectivity index (χ0) is 39.1. The van der Waals surface area contributed by atoms with E-state index in [1.54, 1.807) is 24.3 Å². The third kappa shape index (κ3) is 8.78. The van der Waals surface area contributed by atoms with Crippen LogP contribution in [0.25, 0.3) is 22.1 Å². The van der Waals surface area contributed by atoms with Crippen molar-refractivity contribution in [2.24, 2.45) is 11.8 Å². The summed E-state index contributed by atoms with van der Waals surface area (Å²) in [4.78, 5) is 20.7. The van der Waals surface area contributed by atoms with Crippen molar-refractivity contribution in [3.8, 4) is 0 Å². The number of ether oxygens (including phenoxy) is 2. The lowest BCUT2D eigenvalue weighted by Gasteiger charge is -2.26. The monoisotopic (exact) mass is 799 g/mol. The summed E-state index contributed by atoms with van der Waals surface area (Å²) in [6.45, 7) is 17.6. The lowest BCUT2D eigenvalue weighted by Crippen LogP contribution is -2.25. The molecule has 0 atom stereocenters. The number of halogens is 1. The predicted octanol–water partition coefficient (Wildman–Crippen LogP) is 7.30. The van der Waals surface area contributed by atoms with Crippen molar-refractivity contribution in [1.29, 1.82) is 0 Å². The van der Waals surface area contributed by atoms with Gasteiger partial charge in [0.15, 0.2) is 6.29 Å². The van der Waals surface area contributed by atoms with Gasteiger partial charge in [0.25, 0.3) is 19.1 Å². The second kappa shape index (κ2) is 15.5. The smallest absolute Gasteiger partial charge is 0.267 e. The van der Waals surface area contributed by atoms with Gasteiger partial charge in [0.05, 0.1) is 31.9 Å². The van der Waals surface area contributed by atoms with Crippen molar-refractivity contribution in [2.75, 3.05) is 26.4 Å². The molecule has 0 radical (unpaired) electrons. The van der Waals surface area contributed by atoms with Gasteiger partial charge >= 0.3 is 0 Å². The van der Waals surface area contributed by atoms with Gasteiger partial charge in [0.2, 0.25) is 0 Å². The molecule has 0 unspecified atom stereocenters. The summed E-state index contributed by atoms with van der Waals surface area (Å²) < 4.78 is 65.7. The Morgan fingerprint density at radius 1 is 0.722 bits per heavy atom. The first kappa shape index (κ1) is 40.1. The average molecular weight is 800 g/mol. The topological polar surface area (TPSA) is 144 Å². The molecule has 0 saturated carbocycles. The van der Waals surface area contributed by atoms with E-state index in [9.17, 15) is 21.6 Å². The molecule has 0 N–H and O–H groups in total. The largest absolute Gasteiger partial charge is 0.381 e. The summed E-state index contributed by atoms with van der Waals surface area (Å²) in [5.41, 5.74) is 3.23. The first-order valence-corrected chi connectivity index (χ1v) is 22.1.